The molecular weight excluding hydrogens is 257 g/mol. The lowest BCUT2D eigenvalue weighted by Gasteiger charge is -2.13. The Kier molecular flexibility index (Phi) is 3.64. The number of para-hydroxylation sites is 1. The molecule has 0 heterocycles. The van der Waals surface area contributed by atoms with E-state index in [4.69, 9.17) is 4.74 Å². The molecule has 0 fully saturated rings. The van der Waals surface area contributed by atoms with E-state index in [0.717, 1.165) is 6.07 Å². The predicted octanol–water partition coefficient (Wildman–Crippen LogP) is 3.99. The van der Waals surface area contributed by atoms with Gasteiger partial charge in [0.05, 0.1) is 5.56 Å². The number of benzene rings is 2. The first-order valence-electron chi connectivity index (χ1n) is 5.54. The number of alkyl halides is 3. The first-order valence-corrected chi connectivity index (χ1v) is 5.54. The summed E-state index contributed by atoms with van der Waals surface area (Å²) in [6, 6.07) is 11.2. The van der Waals surface area contributed by atoms with Gasteiger partial charge in [-0.25, -0.2) is 0 Å². The zero-order chi connectivity index (χ0) is 13.9. The minimum absolute atomic E-state index is 0.0402. The molecule has 0 spiro atoms. The van der Waals surface area contributed by atoms with Crippen molar-refractivity contribution in [2.45, 2.75) is 12.8 Å². The van der Waals surface area contributed by atoms with Gasteiger partial charge in [0.25, 0.3) is 0 Å². The van der Waals surface area contributed by atoms with Crippen LogP contribution in [-0.2, 0) is 12.8 Å². The van der Waals surface area contributed by atoms with E-state index in [1.165, 1.54) is 30.3 Å². The van der Waals surface area contributed by atoms with Crippen molar-refractivity contribution in [3.8, 4) is 11.5 Å². The summed E-state index contributed by atoms with van der Waals surface area (Å²) >= 11 is 0. The second-order valence-electron chi connectivity index (χ2n) is 3.95. The third-order valence-corrected chi connectivity index (χ3v) is 2.50. The molecule has 2 nitrogen and oxygen atoms in total. The Morgan fingerprint density at radius 3 is 2.42 bits per heavy atom. The number of hydrogen-bond acceptors (Lipinski definition) is 2. The van der Waals surface area contributed by atoms with Gasteiger partial charge in [-0.15, -0.1) is 0 Å². The lowest BCUT2D eigenvalue weighted by molar-refractivity contribution is -0.139. The number of hydrogen-bond donors (Lipinski definition) is 1. The highest BCUT2D eigenvalue weighted by Gasteiger charge is 2.33. The first kappa shape index (κ1) is 13.3. The number of rotatable bonds is 3. The first-order chi connectivity index (χ1) is 8.97. The van der Waals surface area contributed by atoms with Gasteiger partial charge in [0.1, 0.15) is 18.1 Å². The fourth-order valence-corrected chi connectivity index (χ4v) is 1.63. The van der Waals surface area contributed by atoms with Crippen LogP contribution in [0.4, 0.5) is 13.2 Å². The Morgan fingerprint density at radius 1 is 1.00 bits per heavy atom. The number of aromatic hydroxyl groups is 1. The van der Waals surface area contributed by atoms with Gasteiger partial charge in [0, 0.05) is 0 Å². The van der Waals surface area contributed by atoms with E-state index >= 15 is 0 Å². The molecule has 0 radical (unpaired) electrons. The third kappa shape index (κ3) is 3.40. The van der Waals surface area contributed by atoms with Crippen LogP contribution in [0.25, 0.3) is 0 Å². The van der Waals surface area contributed by atoms with Gasteiger partial charge < -0.3 is 9.84 Å². The zero-order valence-corrected chi connectivity index (χ0v) is 9.82. The van der Waals surface area contributed by atoms with Crippen LogP contribution in [0, 0.1) is 0 Å². The average molecular weight is 268 g/mol. The molecule has 0 aromatic heterocycles. The SMILES string of the molecule is Oc1cccc(COc2ccccc2C(F)(F)F)c1. The molecule has 0 unspecified atom stereocenters. The normalized spacial score (nSPS) is 11.3. The van der Waals surface area contributed by atoms with Crippen molar-refractivity contribution >= 4 is 0 Å². The highest BCUT2D eigenvalue weighted by atomic mass is 19.4. The lowest BCUT2D eigenvalue weighted by atomic mass is 10.2. The zero-order valence-electron chi connectivity index (χ0n) is 9.82. The molecule has 2 rings (SSSR count). The second-order valence-corrected chi connectivity index (χ2v) is 3.95. The van der Waals surface area contributed by atoms with E-state index in [1.54, 1.807) is 12.1 Å². The quantitative estimate of drug-likeness (QED) is 0.912. The molecule has 5 heteroatoms. The Bertz CT molecular complexity index is 565. The van der Waals surface area contributed by atoms with Gasteiger partial charge in [-0.05, 0) is 29.8 Å². The van der Waals surface area contributed by atoms with Crippen LogP contribution in [0.1, 0.15) is 11.1 Å². The summed E-state index contributed by atoms with van der Waals surface area (Å²) in [5.74, 6) is -0.177. The third-order valence-electron chi connectivity index (χ3n) is 2.50. The maximum Gasteiger partial charge on any atom is 0.419 e. The molecule has 0 atom stereocenters. The number of phenolic OH excluding ortho intramolecular Hbond substituents is 1. The summed E-state index contributed by atoms with van der Waals surface area (Å²) in [5, 5.41) is 9.26. The number of phenols is 1. The fourth-order valence-electron chi connectivity index (χ4n) is 1.63. The van der Waals surface area contributed by atoms with Gasteiger partial charge >= 0.3 is 6.18 Å². The summed E-state index contributed by atoms with van der Waals surface area (Å²) in [7, 11) is 0. The predicted molar refractivity (Wildman–Crippen MR) is 63.9 cm³/mol. The Balaban J connectivity index is 2.16. The van der Waals surface area contributed by atoms with Crippen LogP contribution in [0.3, 0.4) is 0 Å². The molecule has 0 aliphatic carbocycles. The highest BCUT2D eigenvalue weighted by Crippen LogP contribution is 2.36. The van der Waals surface area contributed by atoms with Crippen LogP contribution >= 0.6 is 0 Å². The van der Waals surface area contributed by atoms with Crippen LogP contribution in [0.15, 0.2) is 48.5 Å². The highest BCUT2D eigenvalue weighted by molar-refractivity contribution is 5.36. The van der Waals surface area contributed by atoms with E-state index < -0.39 is 11.7 Å². The van der Waals surface area contributed by atoms with Crippen LogP contribution in [0.2, 0.25) is 0 Å². The molecule has 100 valence electrons. The lowest BCUT2D eigenvalue weighted by Crippen LogP contribution is -2.08. The summed E-state index contributed by atoms with van der Waals surface area (Å²) in [4.78, 5) is 0. The molecule has 0 saturated heterocycles. The maximum atomic E-state index is 12.7. The molecule has 0 bridgehead atoms. The van der Waals surface area contributed by atoms with E-state index in [1.807, 2.05) is 0 Å². The maximum absolute atomic E-state index is 12.7. The van der Waals surface area contributed by atoms with Gasteiger partial charge in [-0.2, -0.15) is 13.2 Å². The van der Waals surface area contributed by atoms with Crippen molar-refractivity contribution in [1.29, 1.82) is 0 Å². The molecule has 0 saturated carbocycles. The Hall–Kier alpha value is -2.17. The van der Waals surface area contributed by atoms with Crippen molar-refractivity contribution in [3.63, 3.8) is 0 Å². The minimum Gasteiger partial charge on any atom is -0.508 e. The van der Waals surface area contributed by atoms with E-state index in [9.17, 15) is 18.3 Å². The monoisotopic (exact) mass is 268 g/mol. The second kappa shape index (κ2) is 5.22. The van der Waals surface area contributed by atoms with Crippen molar-refractivity contribution < 1.29 is 23.0 Å². The van der Waals surface area contributed by atoms with Crippen molar-refractivity contribution in [3.05, 3.63) is 59.7 Å². The molecular formula is C14H11F3O2. The number of ether oxygens (including phenoxy) is 1. The Labute approximate surface area is 108 Å². The summed E-state index contributed by atoms with van der Waals surface area (Å²) in [6.45, 7) is -0.0402. The molecule has 0 aliphatic heterocycles. The average Bonchev–Trinajstić information content (AvgIpc) is 2.36. The number of halogens is 3. The fraction of sp³-hybridized carbons (Fsp3) is 0.143. The van der Waals surface area contributed by atoms with Gasteiger partial charge in [0.2, 0.25) is 0 Å². The molecule has 0 amide bonds. The van der Waals surface area contributed by atoms with Crippen molar-refractivity contribution in [1.82, 2.24) is 0 Å². The van der Waals surface area contributed by atoms with Crippen LogP contribution in [0.5, 0.6) is 11.5 Å². The largest absolute Gasteiger partial charge is 0.508 e. The van der Waals surface area contributed by atoms with Gasteiger partial charge in [0.15, 0.2) is 0 Å². The van der Waals surface area contributed by atoms with Gasteiger partial charge in [-0.1, -0.05) is 24.3 Å². The molecule has 0 aliphatic rings. The summed E-state index contributed by atoms with van der Waals surface area (Å²) in [6.07, 6.45) is -4.45. The standard InChI is InChI=1S/C14H11F3O2/c15-14(16,17)12-6-1-2-7-13(12)19-9-10-4-3-5-11(18)8-10/h1-8,18H,9H2. The van der Waals surface area contributed by atoms with Crippen molar-refractivity contribution in [2.24, 2.45) is 0 Å². The minimum atomic E-state index is -4.45. The molecule has 19 heavy (non-hydrogen) atoms. The van der Waals surface area contributed by atoms with Crippen LogP contribution in [-0.4, -0.2) is 5.11 Å². The smallest absolute Gasteiger partial charge is 0.419 e. The summed E-state index contributed by atoms with van der Waals surface area (Å²) in [5.41, 5.74) is -0.216. The molecule has 2 aromatic carbocycles. The van der Waals surface area contributed by atoms with E-state index in [0.29, 0.717) is 5.56 Å². The topological polar surface area (TPSA) is 29.5 Å². The Morgan fingerprint density at radius 2 is 1.74 bits per heavy atom. The molecule has 1 N–H and O–H groups in total. The van der Waals surface area contributed by atoms with Gasteiger partial charge in [-0.3, -0.25) is 0 Å². The van der Waals surface area contributed by atoms with Crippen LogP contribution < -0.4 is 4.74 Å². The molecule has 2 aromatic rings. The van der Waals surface area contributed by atoms with E-state index in [2.05, 4.69) is 0 Å². The summed E-state index contributed by atoms with van der Waals surface area (Å²) < 4.78 is 43.3. The van der Waals surface area contributed by atoms with E-state index in [-0.39, 0.29) is 18.1 Å². The van der Waals surface area contributed by atoms with Crippen molar-refractivity contribution in [2.75, 3.05) is 0 Å².